The van der Waals surface area contributed by atoms with Crippen molar-refractivity contribution in [3.63, 3.8) is 0 Å². The first-order valence-electron chi connectivity index (χ1n) is 10.2. The van der Waals surface area contributed by atoms with Gasteiger partial charge in [-0.3, -0.25) is 4.79 Å². The summed E-state index contributed by atoms with van der Waals surface area (Å²) in [6.45, 7) is 1.24. The molecule has 0 aromatic heterocycles. The Hall–Kier alpha value is -2.93. The number of halogens is 1. The number of amides is 1. The average molecular weight is 413 g/mol. The number of ether oxygens (including phenoxy) is 3. The highest BCUT2D eigenvalue weighted by Gasteiger charge is 2.31. The van der Waals surface area contributed by atoms with Crippen molar-refractivity contribution in [2.24, 2.45) is 0 Å². The lowest BCUT2D eigenvalue weighted by Gasteiger charge is -2.18. The largest absolute Gasteiger partial charge is 0.491 e. The van der Waals surface area contributed by atoms with Crippen molar-refractivity contribution in [2.75, 3.05) is 13.2 Å². The molecule has 158 valence electrons. The lowest BCUT2D eigenvalue weighted by molar-refractivity contribution is -0.130. The average Bonchev–Trinajstić information content (AvgIpc) is 3.41. The molecular formula is C23H24FNO5. The molecule has 2 aliphatic rings. The Morgan fingerprint density at radius 3 is 2.43 bits per heavy atom. The molecule has 1 saturated carbocycles. The monoisotopic (exact) mass is 413 g/mol. The molecule has 2 fully saturated rings. The van der Waals surface area contributed by atoms with Crippen LogP contribution >= 0.6 is 0 Å². The van der Waals surface area contributed by atoms with E-state index < -0.39 is 23.8 Å². The van der Waals surface area contributed by atoms with Gasteiger partial charge < -0.3 is 19.5 Å². The zero-order valence-corrected chi connectivity index (χ0v) is 16.5. The number of benzene rings is 2. The van der Waals surface area contributed by atoms with E-state index in [1.165, 1.54) is 24.3 Å². The molecule has 2 atom stereocenters. The second-order valence-corrected chi connectivity index (χ2v) is 7.59. The third-order valence-corrected chi connectivity index (χ3v) is 5.11. The minimum atomic E-state index is -1.14. The first-order valence-corrected chi connectivity index (χ1v) is 10.2. The number of carbonyl (C=O) groups excluding carboxylic acids is 2. The summed E-state index contributed by atoms with van der Waals surface area (Å²) in [6, 6.07) is 12.0. The van der Waals surface area contributed by atoms with Crippen molar-refractivity contribution in [1.82, 2.24) is 5.32 Å². The van der Waals surface area contributed by atoms with Crippen LogP contribution in [0.25, 0.3) is 0 Å². The molecule has 0 bridgehead atoms. The van der Waals surface area contributed by atoms with E-state index in [9.17, 15) is 14.0 Å². The van der Waals surface area contributed by atoms with Gasteiger partial charge in [-0.25, -0.2) is 9.18 Å². The summed E-state index contributed by atoms with van der Waals surface area (Å²) in [6.07, 6.45) is 2.80. The maximum Gasteiger partial charge on any atom is 0.339 e. The molecule has 0 radical (unpaired) electrons. The van der Waals surface area contributed by atoms with Crippen molar-refractivity contribution in [3.05, 3.63) is 65.5 Å². The standard InChI is InChI=1S/C23H24FNO5/c24-17-7-3-15(4-8-17)21(22(26)25-18-9-10-18)30-23(27)16-5-11-19(12-6-16)29-14-20-2-1-13-28-20/h3-8,11-12,18,20-21H,1-2,9-10,13-14H2,(H,25,26). The number of hydrogen-bond donors (Lipinski definition) is 1. The van der Waals surface area contributed by atoms with E-state index in [4.69, 9.17) is 14.2 Å². The Morgan fingerprint density at radius 1 is 1.07 bits per heavy atom. The van der Waals surface area contributed by atoms with Gasteiger partial charge in [0.25, 0.3) is 5.91 Å². The van der Waals surface area contributed by atoms with Gasteiger partial charge in [-0.2, -0.15) is 0 Å². The number of hydrogen-bond acceptors (Lipinski definition) is 5. The summed E-state index contributed by atoms with van der Waals surface area (Å²) in [5, 5.41) is 2.83. The quantitative estimate of drug-likeness (QED) is 0.670. The van der Waals surface area contributed by atoms with E-state index in [0.717, 1.165) is 32.3 Å². The number of carbonyl (C=O) groups is 2. The molecule has 1 N–H and O–H groups in total. The number of nitrogens with one attached hydrogen (secondary N) is 1. The van der Waals surface area contributed by atoms with Crippen LogP contribution in [-0.4, -0.2) is 37.2 Å². The van der Waals surface area contributed by atoms with Crippen LogP contribution in [0.15, 0.2) is 48.5 Å². The highest BCUT2D eigenvalue weighted by Crippen LogP contribution is 2.25. The van der Waals surface area contributed by atoms with Crippen LogP contribution in [0.2, 0.25) is 0 Å². The van der Waals surface area contributed by atoms with Crippen LogP contribution in [0.3, 0.4) is 0 Å². The molecule has 4 rings (SSSR count). The molecule has 2 aromatic carbocycles. The molecule has 7 heteroatoms. The minimum Gasteiger partial charge on any atom is -0.491 e. The van der Waals surface area contributed by atoms with Gasteiger partial charge in [-0.05, 0) is 62.1 Å². The molecule has 2 aromatic rings. The SMILES string of the molecule is O=C(OC(C(=O)NC1CC1)c1ccc(F)cc1)c1ccc(OCC2CCCO2)cc1. The third-order valence-electron chi connectivity index (χ3n) is 5.11. The molecule has 1 aliphatic heterocycles. The van der Waals surface area contributed by atoms with Crippen LogP contribution in [-0.2, 0) is 14.3 Å². The zero-order valence-electron chi connectivity index (χ0n) is 16.5. The van der Waals surface area contributed by atoms with E-state index >= 15 is 0 Å². The second kappa shape index (κ2) is 9.26. The van der Waals surface area contributed by atoms with Gasteiger partial charge in [-0.1, -0.05) is 12.1 Å². The van der Waals surface area contributed by atoms with Crippen molar-refractivity contribution >= 4 is 11.9 Å². The molecule has 1 amide bonds. The smallest absolute Gasteiger partial charge is 0.339 e. The van der Waals surface area contributed by atoms with Gasteiger partial charge in [0.2, 0.25) is 6.10 Å². The molecule has 1 aliphatic carbocycles. The lowest BCUT2D eigenvalue weighted by Crippen LogP contribution is -2.33. The van der Waals surface area contributed by atoms with Gasteiger partial charge in [0.1, 0.15) is 18.2 Å². The Morgan fingerprint density at radius 2 is 1.80 bits per heavy atom. The summed E-state index contributed by atoms with van der Waals surface area (Å²) >= 11 is 0. The molecule has 1 saturated heterocycles. The topological polar surface area (TPSA) is 73.9 Å². The Bertz CT molecular complexity index is 873. The van der Waals surface area contributed by atoms with Crippen LogP contribution < -0.4 is 10.1 Å². The molecular weight excluding hydrogens is 389 g/mol. The minimum absolute atomic E-state index is 0.107. The zero-order chi connectivity index (χ0) is 20.9. The fourth-order valence-corrected chi connectivity index (χ4v) is 3.24. The van der Waals surface area contributed by atoms with E-state index in [0.29, 0.717) is 23.5 Å². The maximum absolute atomic E-state index is 13.3. The summed E-state index contributed by atoms with van der Waals surface area (Å²) < 4.78 is 30.0. The fraction of sp³-hybridized carbons (Fsp3) is 0.391. The predicted molar refractivity (Wildman–Crippen MR) is 107 cm³/mol. The Balaban J connectivity index is 1.40. The Labute approximate surface area is 174 Å². The first kappa shape index (κ1) is 20.3. The molecule has 0 spiro atoms. The van der Waals surface area contributed by atoms with E-state index in [1.54, 1.807) is 24.3 Å². The van der Waals surface area contributed by atoms with Crippen LogP contribution in [0.5, 0.6) is 5.75 Å². The number of rotatable bonds is 8. The van der Waals surface area contributed by atoms with E-state index in [2.05, 4.69) is 5.32 Å². The van der Waals surface area contributed by atoms with Gasteiger partial charge >= 0.3 is 5.97 Å². The summed E-state index contributed by atoms with van der Waals surface area (Å²) in [7, 11) is 0. The van der Waals surface area contributed by atoms with Gasteiger partial charge in [0, 0.05) is 18.2 Å². The van der Waals surface area contributed by atoms with Gasteiger partial charge in [-0.15, -0.1) is 0 Å². The molecule has 30 heavy (non-hydrogen) atoms. The fourth-order valence-electron chi connectivity index (χ4n) is 3.24. The Kier molecular flexibility index (Phi) is 6.28. The third kappa shape index (κ3) is 5.36. The van der Waals surface area contributed by atoms with E-state index in [1.807, 2.05) is 0 Å². The summed E-state index contributed by atoms with van der Waals surface area (Å²) in [4.78, 5) is 25.2. The van der Waals surface area contributed by atoms with Crippen molar-refractivity contribution < 1.29 is 28.2 Å². The van der Waals surface area contributed by atoms with Crippen molar-refractivity contribution in [2.45, 2.75) is 43.9 Å². The molecule has 6 nitrogen and oxygen atoms in total. The van der Waals surface area contributed by atoms with Crippen molar-refractivity contribution in [3.8, 4) is 5.75 Å². The highest BCUT2D eigenvalue weighted by molar-refractivity contribution is 5.93. The molecule has 2 unspecified atom stereocenters. The summed E-state index contributed by atoms with van der Waals surface area (Å²) in [5.41, 5.74) is 0.713. The second-order valence-electron chi connectivity index (χ2n) is 7.59. The highest BCUT2D eigenvalue weighted by atomic mass is 19.1. The molecule has 1 heterocycles. The lowest BCUT2D eigenvalue weighted by atomic mass is 10.1. The predicted octanol–water partition coefficient (Wildman–Crippen LogP) is 3.56. The van der Waals surface area contributed by atoms with Crippen molar-refractivity contribution in [1.29, 1.82) is 0 Å². The van der Waals surface area contributed by atoms with E-state index in [-0.39, 0.29) is 12.1 Å². The van der Waals surface area contributed by atoms with Crippen LogP contribution in [0.1, 0.15) is 47.7 Å². The normalized spacial score (nSPS) is 19.2. The number of esters is 1. The van der Waals surface area contributed by atoms with Gasteiger partial charge in [0.15, 0.2) is 0 Å². The maximum atomic E-state index is 13.3. The van der Waals surface area contributed by atoms with Gasteiger partial charge in [0.05, 0.1) is 11.7 Å². The van der Waals surface area contributed by atoms with Crippen LogP contribution in [0, 0.1) is 5.82 Å². The first-order chi connectivity index (χ1) is 14.6. The summed E-state index contributed by atoms with van der Waals surface area (Å²) in [5.74, 6) is -0.844. The van der Waals surface area contributed by atoms with Crippen LogP contribution in [0.4, 0.5) is 4.39 Å².